The fourth-order valence-electron chi connectivity index (χ4n) is 2.12. The largest absolute Gasteiger partial charge is 0.494 e. The van der Waals surface area contributed by atoms with Crippen LogP contribution in [-0.4, -0.2) is 28.0 Å². The summed E-state index contributed by atoms with van der Waals surface area (Å²) in [5.41, 5.74) is 0.807. The van der Waals surface area contributed by atoms with Gasteiger partial charge in [0.1, 0.15) is 17.3 Å². The number of halogens is 1. The minimum atomic E-state index is 0.327. The molecule has 114 valence electrons. The first-order chi connectivity index (χ1) is 10.2. The van der Waals surface area contributed by atoms with E-state index < -0.39 is 0 Å². The molecule has 0 spiro atoms. The maximum absolute atomic E-state index is 6.21. The predicted molar refractivity (Wildman–Crippen MR) is 82.7 cm³/mol. The summed E-state index contributed by atoms with van der Waals surface area (Å²) in [7, 11) is 0. The summed E-state index contributed by atoms with van der Waals surface area (Å²) in [6.45, 7) is 7.16. The topological polar surface area (TPSA) is 49.2 Å². The quantitative estimate of drug-likeness (QED) is 0.783. The normalized spacial score (nSPS) is 10.7. The SMILES string of the molecule is CCCc1nnc(Cl)n1-c1cc(OCC)ccc1OCC. The van der Waals surface area contributed by atoms with Crippen LogP contribution >= 0.6 is 11.6 Å². The highest BCUT2D eigenvalue weighted by Crippen LogP contribution is 2.31. The average molecular weight is 310 g/mol. The third kappa shape index (κ3) is 3.47. The van der Waals surface area contributed by atoms with Crippen LogP contribution in [0, 0.1) is 0 Å². The molecule has 0 aliphatic carbocycles. The van der Waals surface area contributed by atoms with E-state index in [-0.39, 0.29) is 0 Å². The number of hydrogen-bond donors (Lipinski definition) is 0. The van der Waals surface area contributed by atoms with E-state index in [2.05, 4.69) is 17.1 Å². The van der Waals surface area contributed by atoms with Gasteiger partial charge in [-0.2, -0.15) is 0 Å². The number of hydrogen-bond acceptors (Lipinski definition) is 4. The van der Waals surface area contributed by atoms with E-state index >= 15 is 0 Å². The second kappa shape index (κ2) is 7.31. The first kappa shape index (κ1) is 15.6. The zero-order chi connectivity index (χ0) is 15.2. The van der Waals surface area contributed by atoms with Gasteiger partial charge in [0.2, 0.25) is 5.28 Å². The Morgan fingerprint density at radius 1 is 1.10 bits per heavy atom. The standard InChI is InChI=1S/C15H20ClN3O2/c1-4-7-14-17-18-15(16)19(14)12-10-11(20-5-2)8-9-13(12)21-6-3/h8-10H,4-7H2,1-3H3. The van der Waals surface area contributed by atoms with Crippen LogP contribution < -0.4 is 9.47 Å². The van der Waals surface area contributed by atoms with Crippen LogP contribution in [-0.2, 0) is 6.42 Å². The summed E-state index contributed by atoms with van der Waals surface area (Å²) in [6, 6.07) is 5.68. The molecule has 0 saturated carbocycles. The van der Waals surface area contributed by atoms with Crippen molar-refractivity contribution in [2.45, 2.75) is 33.6 Å². The molecule has 0 unspecified atom stereocenters. The number of aryl methyl sites for hydroxylation is 1. The van der Waals surface area contributed by atoms with Crippen molar-refractivity contribution >= 4 is 11.6 Å². The van der Waals surface area contributed by atoms with Crippen molar-refractivity contribution in [2.75, 3.05) is 13.2 Å². The maximum atomic E-state index is 6.21. The van der Waals surface area contributed by atoms with Gasteiger partial charge in [-0.3, -0.25) is 4.57 Å². The summed E-state index contributed by atoms with van der Waals surface area (Å²) in [5, 5.41) is 8.44. The van der Waals surface area contributed by atoms with Crippen molar-refractivity contribution < 1.29 is 9.47 Å². The van der Waals surface area contributed by atoms with E-state index in [9.17, 15) is 0 Å². The molecule has 0 saturated heterocycles. The van der Waals surface area contributed by atoms with E-state index in [1.54, 1.807) is 0 Å². The lowest BCUT2D eigenvalue weighted by Crippen LogP contribution is -2.06. The Hall–Kier alpha value is -1.75. The molecule has 6 heteroatoms. The van der Waals surface area contributed by atoms with Crippen LogP contribution in [0.3, 0.4) is 0 Å². The lowest BCUT2D eigenvalue weighted by molar-refractivity contribution is 0.329. The molecule has 0 aliphatic heterocycles. The van der Waals surface area contributed by atoms with E-state index in [0.717, 1.165) is 35.9 Å². The molecule has 0 N–H and O–H groups in total. The zero-order valence-electron chi connectivity index (χ0n) is 12.6. The van der Waals surface area contributed by atoms with Gasteiger partial charge in [0.25, 0.3) is 0 Å². The van der Waals surface area contributed by atoms with Crippen molar-refractivity contribution in [1.29, 1.82) is 0 Å². The van der Waals surface area contributed by atoms with Gasteiger partial charge in [-0.1, -0.05) is 6.92 Å². The van der Waals surface area contributed by atoms with Crippen LogP contribution in [0.4, 0.5) is 0 Å². The van der Waals surface area contributed by atoms with Gasteiger partial charge in [-0.25, -0.2) is 0 Å². The van der Waals surface area contributed by atoms with Gasteiger partial charge in [-0.05, 0) is 44.0 Å². The molecule has 5 nitrogen and oxygen atoms in total. The van der Waals surface area contributed by atoms with Gasteiger partial charge in [-0.15, -0.1) is 10.2 Å². The van der Waals surface area contributed by atoms with Crippen LogP contribution in [0.15, 0.2) is 18.2 Å². The molecule has 1 aromatic carbocycles. The highest BCUT2D eigenvalue weighted by molar-refractivity contribution is 6.28. The monoisotopic (exact) mass is 309 g/mol. The Balaban J connectivity index is 2.53. The van der Waals surface area contributed by atoms with Gasteiger partial charge < -0.3 is 9.47 Å². The van der Waals surface area contributed by atoms with Crippen molar-refractivity contribution in [2.24, 2.45) is 0 Å². The molecule has 21 heavy (non-hydrogen) atoms. The van der Waals surface area contributed by atoms with Gasteiger partial charge >= 0.3 is 0 Å². The number of ether oxygens (including phenoxy) is 2. The molecule has 2 rings (SSSR count). The van der Waals surface area contributed by atoms with E-state index in [1.807, 2.05) is 36.6 Å². The third-order valence-electron chi connectivity index (χ3n) is 2.95. The number of benzene rings is 1. The minimum absolute atomic E-state index is 0.327. The molecule has 0 radical (unpaired) electrons. The summed E-state index contributed by atoms with van der Waals surface area (Å²) in [6.07, 6.45) is 1.76. The average Bonchev–Trinajstić information content (AvgIpc) is 2.83. The maximum Gasteiger partial charge on any atom is 0.229 e. The van der Waals surface area contributed by atoms with E-state index in [4.69, 9.17) is 21.1 Å². The Morgan fingerprint density at radius 3 is 2.52 bits per heavy atom. The van der Waals surface area contributed by atoms with Crippen LogP contribution in [0.1, 0.15) is 33.0 Å². The smallest absolute Gasteiger partial charge is 0.229 e. The highest BCUT2D eigenvalue weighted by atomic mass is 35.5. The minimum Gasteiger partial charge on any atom is -0.494 e. The Kier molecular flexibility index (Phi) is 5.44. The lowest BCUT2D eigenvalue weighted by atomic mass is 10.2. The molecule has 2 aromatic rings. The molecule has 0 fully saturated rings. The highest BCUT2D eigenvalue weighted by Gasteiger charge is 2.16. The number of rotatable bonds is 7. The molecule has 0 bridgehead atoms. The molecule has 1 aromatic heterocycles. The number of nitrogens with zero attached hydrogens (tertiary/aromatic N) is 3. The molecule has 0 aliphatic rings. The fourth-order valence-corrected chi connectivity index (χ4v) is 2.35. The lowest BCUT2D eigenvalue weighted by Gasteiger charge is -2.15. The van der Waals surface area contributed by atoms with Crippen molar-refractivity contribution in [3.05, 3.63) is 29.3 Å². The molecule has 0 atom stereocenters. The zero-order valence-corrected chi connectivity index (χ0v) is 13.4. The van der Waals surface area contributed by atoms with Gasteiger partial charge in [0.05, 0.1) is 18.9 Å². The Morgan fingerprint density at radius 2 is 1.86 bits per heavy atom. The second-order valence-corrected chi connectivity index (χ2v) is 4.80. The van der Waals surface area contributed by atoms with Crippen LogP contribution in [0.2, 0.25) is 5.28 Å². The van der Waals surface area contributed by atoms with Crippen LogP contribution in [0.5, 0.6) is 11.5 Å². The van der Waals surface area contributed by atoms with Crippen molar-refractivity contribution in [3.63, 3.8) is 0 Å². The van der Waals surface area contributed by atoms with Crippen molar-refractivity contribution in [3.8, 4) is 17.2 Å². The number of aromatic nitrogens is 3. The van der Waals surface area contributed by atoms with Gasteiger partial charge in [0, 0.05) is 12.5 Å². The summed E-state index contributed by atoms with van der Waals surface area (Å²) < 4.78 is 13.1. The van der Waals surface area contributed by atoms with Crippen molar-refractivity contribution in [1.82, 2.24) is 14.8 Å². The molecule has 1 heterocycles. The fraction of sp³-hybridized carbons (Fsp3) is 0.467. The van der Waals surface area contributed by atoms with E-state index in [1.165, 1.54) is 0 Å². The Bertz CT molecular complexity index is 599. The van der Waals surface area contributed by atoms with Gasteiger partial charge in [0.15, 0.2) is 0 Å². The van der Waals surface area contributed by atoms with E-state index in [0.29, 0.717) is 18.5 Å². The van der Waals surface area contributed by atoms with Crippen LogP contribution in [0.25, 0.3) is 5.69 Å². The Labute approximate surface area is 129 Å². The molecular formula is C15H20ClN3O2. The third-order valence-corrected chi connectivity index (χ3v) is 3.19. The molecular weight excluding hydrogens is 290 g/mol. The first-order valence-corrected chi connectivity index (χ1v) is 7.58. The second-order valence-electron chi connectivity index (χ2n) is 4.47. The molecule has 0 amide bonds. The first-order valence-electron chi connectivity index (χ1n) is 7.21. The summed E-state index contributed by atoms with van der Waals surface area (Å²) >= 11 is 6.21. The summed E-state index contributed by atoms with van der Waals surface area (Å²) in [5.74, 6) is 2.32. The predicted octanol–water partition coefficient (Wildman–Crippen LogP) is 3.67. The summed E-state index contributed by atoms with van der Waals surface area (Å²) in [4.78, 5) is 0.